The summed E-state index contributed by atoms with van der Waals surface area (Å²) in [7, 11) is -3.40. The normalized spacial score (nSPS) is 24.1. The summed E-state index contributed by atoms with van der Waals surface area (Å²) in [5, 5.41) is 11.5. The minimum Gasteiger partial charge on any atom is -0.434 e. The number of anilines is 1. The number of benzene rings is 1. The van der Waals surface area contributed by atoms with Gasteiger partial charge < -0.3 is 24.8 Å². The molecule has 7 rings (SSSR count). The quantitative estimate of drug-likeness (QED) is 0.392. The summed E-state index contributed by atoms with van der Waals surface area (Å²) in [4.78, 5) is 24.4. The van der Waals surface area contributed by atoms with Gasteiger partial charge in [0.05, 0.1) is 5.56 Å². The van der Waals surface area contributed by atoms with Gasteiger partial charge in [-0.1, -0.05) is 0 Å². The molecule has 274 valence electrons. The summed E-state index contributed by atoms with van der Waals surface area (Å²) < 4.78 is 50.9. The summed E-state index contributed by atoms with van der Waals surface area (Å²) in [6.45, 7) is 16.8. The number of halogens is 1. The van der Waals surface area contributed by atoms with E-state index < -0.39 is 16.0 Å². The van der Waals surface area contributed by atoms with Gasteiger partial charge in [-0.3, -0.25) is 4.79 Å². The van der Waals surface area contributed by atoms with Crippen LogP contribution in [0.4, 0.5) is 10.2 Å². The molecule has 5 aliphatic heterocycles. The monoisotopic (exact) mass is 713 g/mol. The molecule has 1 N–H and O–H groups in total. The van der Waals surface area contributed by atoms with E-state index in [9.17, 15) is 17.6 Å². The largest absolute Gasteiger partial charge is 0.434 e. The molecule has 0 unspecified atom stereocenters. The summed E-state index contributed by atoms with van der Waals surface area (Å²) >= 11 is 0. The van der Waals surface area contributed by atoms with Crippen LogP contribution < -0.4 is 15.0 Å². The van der Waals surface area contributed by atoms with Crippen molar-refractivity contribution >= 4 is 21.9 Å². The van der Waals surface area contributed by atoms with Gasteiger partial charge in [0.25, 0.3) is 22.0 Å². The predicted octanol–water partition coefficient (Wildman–Crippen LogP) is 3.22. The Morgan fingerprint density at radius 1 is 1.00 bits per heavy atom. The first-order chi connectivity index (χ1) is 23.9. The van der Waals surface area contributed by atoms with Crippen molar-refractivity contribution in [2.75, 3.05) is 76.9 Å². The molecule has 1 aromatic carbocycles. The summed E-state index contributed by atoms with van der Waals surface area (Å²) in [5.41, 5.74) is 0.658. The maximum absolute atomic E-state index is 14.4. The van der Waals surface area contributed by atoms with E-state index in [2.05, 4.69) is 30.3 Å². The lowest BCUT2D eigenvalue weighted by Crippen LogP contribution is -2.63. The zero-order valence-electron chi connectivity index (χ0n) is 29.9. The average Bonchev–Trinajstić information content (AvgIpc) is 3.52. The third kappa shape index (κ3) is 6.95. The lowest BCUT2D eigenvalue weighted by Gasteiger charge is -2.55. The SMILES string of the molecule is CC(C)N(C(=O)c1cc(F)ccc1Oc1nncnc1N1CC[C@@H](CN2CC3(CCN(S(=O)(=O)N4CCC5(CC4)CNC5)CC3)C2)C1)C(C)C. The second-order valence-electron chi connectivity index (χ2n) is 15.9. The number of amides is 1. The Labute approximate surface area is 295 Å². The minimum absolute atomic E-state index is 0.0820. The second-order valence-corrected chi connectivity index (χ2v) is 17.8. The van der Waals surface area contributed by atoms with Crippen LogP contribution in [0.25, 0.3) is 0 Å². The molecule has 5 aliphatic rings. The Hall–Kier alpha value is -2.98. The van der Waals surface area contributed by atoms with Crippen molar-refractivity contribution in [3.8, 4) is 11.6 Å². The average molecular weight is 714 g/mol. The fourth-order valence-corrected chi connectivity index (χ4v) is 10.5. The summed E-state index contributed by atoms with van der Waals surface area (Å²) in [6, 6.07) is 3.78. The second kappa shape index (κ2) is 13.9. The molecule has 5 saturated heterocycles. The van der Waals surface area contributed by atoms with E-state index in [-0.39, 0.29) is 40.6 Å². The van der Waals surface area contributed by atoms with Crippen molar-refractivity contribution in [2.45, 2.75) is 71.9 Å². The molecule has 2 spiro atoms. The number of hydrogen-bond donors (Lipinski definition) is 1. The Bertz CT molecular complexity index is 1640. The van der Waals surface area contributed by atoms with Crippen molar-refractivity contribution in [1.82, 2.24) is 38.9 Å². The molecule has 1 atom stereocenters. The van der Waals surface area contributed by atoms with Crippen LogP contribution in [0.15, 0.2) is 24.5 Å². The van der Waals surface area contributed by atoms with Gasteiger partial charge in [0.1, 0.15) is 17.9 Å². The Morgan fingerprint density at radius 2 is 1.64 bits per heavy atom. The number of nitrogens with zero attached hydrogens (tertiary/aromatic N) is 8. The van der Waals surface area contributed by atoms with E-state index in [4.69, 9.17) is 4.74 Å². The van der Waals surface area contributed by atoms with E-state index >= 15 is 0 Å². The maximum atomic E-state index is 14.4. The number of carbonyl (C=O) groups excluding carboxylic acids is 1. The Balaban J connectivity index is 0.922. The first-order valence-electron chi connectivity index (χ1n) is 18.3. The van der Waals surface area contributed by atoms with Gasteiger partial charge >= 0.3 is 0 Å². The lowest BCUT2D eigenvalue weighted by atomic mass is 9.72. The number of piperidine rings is 2. The molecule has 5 fully saturated rings. The zero-order chi connectivity index (χ0) is 35.3. The molecule has 0 radical (unpaired) electrons. The van der Waals surface area contributed by atoms with Crippen molar-refractivity contribution in [3.63, 3.8) is 0 Å². The predicted molar refractivity (Wildman–Crippen MR) is 188 cm³/mol. The van der Waals surface area contributed by atoms with Crippen molar-refractivity contribution in [1.29, 1.82) is 0 Å². The van der Waals surface area contributed by atoms with E-state index in [0.717, 1.165) is 77.9 Å². The number of hydrogen-bond acceptors (Lipinski definition) is 10. The molecule has 1 aromatic heterocycles. The van der Waals surface area contributed by atoms with E-state index in [0.29, 0.717) is 43.3 Å². The van der Waals surface area contributed by atoms with Gasteiger partial charge in [0.15, 0.2) is 5.82 Å². The van der Waals surface area contributed by atoms with Crippen LogP contribution in [0.3, 0.4) is 0 Å². The Kier molecular flexibility index (Phi) is 9.82. The van der Waals surface area contributed by atoms with Crippen molar-refractivity contribution in [3.05, 3.63) is 35.9 Å². The third-order valence-electron chi connectivity index (χ3n) is 11.7. The Morgan fingerprint density at radius 3 is 2.24 bits per heavy atom. The highest BCUT2D eigenvalue weighted by molar-refractivity contribution is 7.86. The molecular weight excluding hydrogens is 662 g/mol. The molecule has 0 saturated carbocycles. The number of likely N-dealkylation sites (tertiary alicyclic amines) is 1. The first-order valence-corrected chi connectivity index (χ1v) is 19.7. The molecular formula is C35H52FN9O4S. The van der Waals surface area contributed by atoms with E-state index in [1.165, 1.54) is 24.5 Å². The molecule has 6 heterocycles. The molecule has 50 heavy (non-hydrogen) atoms. The standard InChI is InChI=1S/C35H52FN9O4S/c1-25(2)45(26(3)4)33(46)29-17-28(36)5-6-30(29)49-32-31(38-24-39-40-32)42-12-7-27(19-42)18-41-22-35(23-41)10-15-44(16-11-35)50(47,48)43-13-8-34(9-14-43)20-37-21-34/h5-6,17,24-27,37H,7-16,18-23H2,1-4H3/t27-/m0/s1. The van der Waals surface area contributed by atoms with Gasteiger partial charge in [-0.2, -0.15) is 17.0 Å². The van der Waals surface area contributed by atoms with Crippen LogP contribution in [-0.2, 0) is 10.2 Å². The highest BCUT2D eigenvalue weighted by Gasteiger charge is 2.49. The van der Waals surface area contributed by atoms with Crippen LogP contribution >= 0.6 is 0 Å². The summed E-state index contributed by atoms with van der Waals surface area (Å²) in [5.74, 6) is 0.540. The third-order valence-corrected chi connectivity index (χ3v) is 13.8. The van der Waals surface area contributed by atoms with Crippen LogP contribution in [0.5, 0.6) is 11.6 Å². The number of carbonyl (C=O) groups is 1. The fourth-order valence-electron chi connectivity index (χ4n) is 8.87. The topological polar surface area (TPSA) is 127 Å². The maximum Gasteiger partial charge on any atom is 0.282 e. The van der Waals surface area contributed by atoms with Gasteiger partial charge in [0.2, 0.25) is 0 Å². The highest BCUT2D eigenvalue weighted by atomic mass is 32.2. The van der Waals surface area contributed by atoms with Crippen LogP contribution in [0.1, 0.15) is 70.2 Å². The van der Waals surface area contributed by atoms with Gasteiger partial charge in [-0.15, -0.1) is 10.2 Å². The summed E-state index contributed by atoms with van der Waals surface area (Å²) in [6.07, 6.45) is 6.12. The number of aromatic nitrogens is 3. The number of rotatable bonds is 10. The van der Waals surface area contributed by atoms with Gasteiger partial charge in [-0.25, -0.2) is 9.37 Å². The molecule has 13 nitrogen and oxygen atoms in total. The van der Waals surface area contributed by atoms with Crippen LogP contribution in [0.2, 0.25) is 0 Å². The van der Waals surface area contributed by atoms with Crippen molar-refractivity contribution < 1.29 is 22.3 Å². The van der Waals surface area contributed by atoms with E-state index in [1.54, 1.807) is 13.5 Å². The first kappa shape index (κ1) is 35.4. The molecule has 15 heteroatoms. The van der Waals surface area contributed by atoms with Crippen LogP contribution in [0, 0.1) is 22.6 Å². The number of ether oxygens (including phenoxy) is 1. The minimum atomic E-state index is -3.40. The van der Waals surface area contributed by atoms with E-state index in [1.807, 2.05) is 27.7 Å². The molecule has 1 amide bonds. The number of nitrogens with one attached hydrogen (secondary N) is 1. The zero-order valence-corrected chi connectivity index (χ0v) is 30.7. The lowest BCUT2D eigenvalue weighted by molar-refractivity contribution is -0.0415. The highest BCUT2D eigenvalue weighted by Crippen LogP contribution is 2.43. The van der Waals surface area contributed by atoms with Gasteiger partial charge in [-0.05, 0) is 94.7 Å². The molecule has 0 aliphatic carbocycles. The fraction of sp³-hybridized carbons (Fsp3) is 0.714. The molecule has 2 aromatic rings. The smallest absolute Gasteiger partial charge is 0.282 e. The van der Waals surface area contributed by atoms with Crippen LogP contribution in [-0.4, -0.2) is 132 Å². The molecule has 0 bridgehead atoms. The van der Waals surface area contributed by atoms with Crippen molar-refractivity contribution in [2.24, 2.45) is 16.7 Å². The van der Waals surface area contributed by atoms with Gasteiger partial charge in [0, 0.05) is 84.1 Å².